The monoisotopic (exact) mass is 325 g/mol. The summed E-state index contributed by atoms with van der Waals surface area (Å²) in [6.45, 7) is 0. The molecule has 0 unspecified atom stereocenters. The number of nitrogens with one attached hydrogen (secondary N) is 2. The molecule has 3 rings (SSSR count). The molecule has 0 saturated heterocycles. The van der Waals surface area contributed by atoms with Crippen LogP contribution in [0.15, 0.2) is 36.5 Å². The van der Waals surface area contributed by atoms with Gasteiger partial charge in [0.2, 0.25) is 0 Å². The second-order valence-corrected chi connectivity index (χ2v) is 6.35. The summed E-state index contributed by atoms with van der Waals surface area (Å²) in [5, 5.41) is 8.46. The zero-order valence-electron chi connectivity index (χ0n) is 13.7. The third-order valence-electron chi connectivity index (χ3n) is 4.58. The fourth-order valence-corrected chi connectivity index (χ4v) is 3.24. The molecule has 1 heterocycles. The maximum Gasteiger partial charge on any atom is 0.267 e. The molecular weight excluding hydrogens is 302 g/mol. The van der Waals surface area contributed by atoms with Gasteiger partial charge in [0.1, 0.15) is 5.82 Å². The highest BCUT2D eigenvalue weighted by molar-refractivity contribution is 5.90. The molecule has 2 aromatic rings. The van der Waals surface area contributed by atoms with Gasteiger partial charge in [-0.25, -0.2) is 10.5 Å². The van der Waals surface area contributed by atoms with Crippen LogP contribution in [0.5, 0.6) is 0 Å². The van der Waals surface area contributed by atoms with Crippen molar-refractivity contribution in [3.05, 3.63) is 59.2 Å². The molecular formula is C19H23N3O2. The smallest absolute Gasteiger partial charge is 0.267 e. The molecule has 0 bridgehead atoms. The number of carbonyl (C=O) groups is 1. The number of rotatable bonds is 5. The van der Waals surface area contributed by atoms with Crippen LogP contribution in [0.2, 0.25) is 0 Å². The average Bonchev–Trinajstić information content (AvgIpc) is 3.10. The van der Waals surface area contributed by atoms with E-state index in [2.05, 4.69) is 9.97 Å². The van der Waals surface area contributed by atoms with Crippen LogP contribution in [-0.2, 0) is 11.2 Å². The molecule has 1 aliphatic carbocycles. The Hall–Kier alpha value is -2.40. The Kier molecular flexibility index (Phi) is 5.43. The number of carbonyl (C=O) groups excluding carboxylic acids is 1. The van der Waals surface area contributed by atoms with Crippen LogP contribution in [0.3, 0.4) is 0 Å². The molecule has 5 nitrogen and oxygen atoms in total. The minimum absolute atomic E-state index is 0.537. The van der Waals surface area contributed by atoms with Crippen LogP contribution in [0.4, 0.5) is 0 Å². The van der Waals surface area contributed by atoms with E-state index in [1.54, 1.807) is 11.6 Å². The van der Waals surface area contributed by atoms with Gasteiger partial charge in [0, 0.05) is 30.3 Å². The second-order valence-electron chi connectivity index (χ2n) is 6.35. The van der Waals surface area contributed by atoms with Crippen molar-refractivity contribution in [3.8, 4) is 0 Å². The van der Waals surface area contributed by atoms with E-state index in [1.807, 2.05) is 30.5 Å². The van der Waals surface area contributed by atoms with E-state index >= 15 is 0 Å². The van der Waals surface area contributed by atoms with Gasteiger partial charge in [0.15, 0.2) is 0 Å². The second kappa shape index (κ2) is 7.93. The molecule has 126 valence electrons. The molecule has 5 heteroatoms. The van der Waals surface area contributed by atoms with Crippen molar-refractivity contribution in [3.63, 3.8) is 0 Å². The Morgan fingerprint density at radius 3 is 2.71 bits per heavy atom. The maximum atomic E-state index is 11.0. The van der Waals surface area contributed by atoms with Gasteiger partial charge in [-0.15, -0.1) is 0 Å². The molecule has 1 saturated carbocycles. The van der Waals surface area contributed by atoms with E-state index in [0.717, 1.165) is 17.8 Å². The van der Waals surface area contributed by atoms with Crippen LogP contribution in [0.1, 0.15) is 60.7 Å². The fraction of sp³-hybridized carbons (Fsp3) is 0.368. The Morgan fingerprint density at radius 2 is 2.00 bits per heavy atom. The van der Waals surface area contributed by atoms with Crippen LogP contribution < -0.4 is 5.48 Å². The molecule has 3 N–H and O–H groups in total. The van der Waals surface area contributed by atoms with Crippen molar-refractivity contribution < 1.29 is 10.0 Å². The minimum atomic E-state index is -0.537. The van der Waals surface area contributed by atoms with E-state index < -0.39 is 5.91 Å². The number of amides is 1. The van der Waals surface area contributed by atoms with E-state index in [9.17, 15) is 4.79 Å². The van der Waals surface area contributed by atoms with Crippen molar-refractivity contribution in [1.29, 1.82) is 0 Å². The van der Waals surface area contributed by atoms with E-state index in [1.165, 1.54) is 49.4 Å². The topological polar surface area (TPSA) is 78.0 Å². The lowest BCUT2D eigenvalue weighted by Crippen LogP contribution is -2.14. The molecule has 1 amide bonds. The van der Waals surface area contributed by atoms with Gasteiger partial charge in [-0.3, -0.25) is 10.0 Å². The fourth-order valence-electron chi connectivity index (χ4n) is 3.24. The first-order valence-corrected chi connectivity index (χ1v) is 8.49. The Bertz CT molecular complexity index is 698. The summed E-state index contributed by atoms with van der Waals surface area (Å²) >= 11 is 0. The SMILES string of the molecule is O=C(/C=C/c1ccc(Cc2ncc(C3CCCCC3)[nH]2)cc1)NO. The number of imidazole rings is 1. The van der Waals surface area contributed by atoms with Crippen molar-refractivity contribution >= 4 is 12.0 Å². The standard InChI is InChI=1S/C19H23N3O2/c23-19(22-24)11-10-14-6-8-15(9-7-14)12-18-20-13-17(21-18)16-4-2-1-3-5-16/h6-11,13,16,24H,1-5,12H2,(H,20,21)(H,22,23)/b11-10+. The highest BCUT2D eigenvalue weighted by atomic mass is 16.5. The first-order valence-electron chi connectivity index (χ1n) is 8.49. The van der Waals surface area contributed by atoms with Crippen LogP contribution >= 0.6 is 0 Å². The summed E-state index contributed by atoms with van der Waals surface area (Å²) in [6.07, 6.45) is 12.3. The first kappa shape index (κ1) is 16.5. The Labute approximate surface area is 141 Å². The molecule has 1 aromatic heterocycles. The predicted molar refractivity (Wildman–Crippen MR) is 92.6 cm³/mol. The number of nitrogens with zero attached hydrogens (tertiary/aromatic N) is 1. The number of hydroxylamine groups is 1. The quantitative estimate of drug-likeness (QED) is 0.447. The lowest BCUT2D eigenvalue weighted by molar-refractivity contribution is -0.124. The number of hydrogen-bond donors (Lipinski definition) is 3. The summed E-state index contributed by atoms with van der Waals surface area (Å²) in [5.41, 5.74) is 4.92. The van der Waals surface area contributed by atoms with Gasteiger partial charge in [0.25, 0.3) is 5.91 Å². The normalized spacial score (nSPS) is 15.7. The van der Waals surface area contributed by atoms with E-state index in [-0.39, 0.29) is 0 Å². The van der Waals surface area contributed by atoms with Gasteiger partial charge >= 0.3 is 0 Å². The van der Waals surface area contributed by atoms with Crippen molar-refractivity contribution in [2.24, 2.45) is 0 Å². The van der Waals surface area contributed by atoms with Crippen LogP contribution in [-0.4, -0.2) is 21.1 Å². The lowest BCUT2D eigenvalue weighted by Gasteiger charge is -2.19. The Morgan fingerprint density at radius 1 is 1.25 bits per heavy atom. The molecule has 0 spiro atoms. The first-order chi connectivity index (χ1) is 11.7. The molecule has 0 atom stereocenters. The van der Waals surface area contributed by atoms with Crippen molar-refractivity contribution in [2.45, 2.75) is 44.4 Å². The number of aromatic amines is 1. The molecule has 24 heavy (non-hydrogen) atoms. The summed E-state index contributed by atoms with van der Waals surface area (Å²) in [7, 11) is 0. The molecule has 1 aliphatic rings. The van der Waals surface area contributed by atoms with Gasteiger partial charge < -0.3 is 4.98 Å². The number of hydrogen-bond acceptors (Lipinski definition) is 3. The predicted octanol–water partition coefficient (Wildman–Crippen LogP) is 3.57. The van der Waals surface area contributed by atoms with Gasteiger partial charge in [-0.2, -0.15) is 0 Å². The van der Waals surface area contributed by atoms with Crippen molar-refractivity contribution in [2.75, 3.05) is 0 Å². The zero-order chi connectivity index (χ0) is 16.8. The van der Waals surface area contributed by atoms with Crippen LogP contribution in [0, 0.1) is 0 Å². The summed E-state index contributed by atoms with van der Waals surface area (Å²) in [5.74, 6) is 1.11. The highest BCUT2D eigenvalue weighted by Gasteiger charge is 2.17. The van der Waals surface area contributed by atoms with E-state index in [4.69, 9.17) is 5.21 Å². The van der Waals surface area contributed by atoms with Gasteiger partial charge in [-0.05, 0) is 30.0 Å². The van der Waals surface area contributed by atoms with Gasteiger partial charge in [-0.1, -0.05) is 43.5 Å². The minimum Gasteiger partial charge on any atom is -0.345 e. The molecule has 0 aliphatic heterocycles. The third kappa shape index (κ3) is 4.32. The van der Waals surface area contributed by atoms with Gasteiger partial charge in [0.05, 0.1) is 0 Å². The summed E-state index contributed by atoms with van der Waals surface area (Å²) in [6, 6.07) is 7.95. The third-order valence-corrected chi connectivity index (χ3v) is 4.58. The Balaban J connectivity index is 1.61. The molecule has 1 aromatic carbocycles. The summed E-state index contributed by atoms with van der Waals surface area (Å²) in [4.78, 5) is 19.0. The van der Waals surface area contributed by atoms with Crippen LogP contribution in [0.25, 0.3) is 6.08 Å². The summed E-state index contributed by atoms with van der Waals surface area (Å²) < 4.78 is 0. The van der Waals surface area contributed by atoms with Crippen molar-refractivity contribution in [1.82, 2.24) is 15.4 Å². The molecule has 1 fully saturated rings. The maximum absolute atomic E-state index is 11.0. The average molecular weight is 325 g/mol. The number of aromatic nitrogens is 2. The number of benzene rings is 1. The largest absolute Gasteiger partial charge is 0.345 e. The highest BCUT2D eigenvalue weighted by Crippen LogP contribution is 2.31. The zero-order valence-corrected chi connectivity index (χ0v) is 13.7. The molecule has 0 radical (unpaired) electrons. The van der Waals surface area contributed by atoms with E-state index in [0.29, 0.717) is 5.92 Å². The lowest BCUT2D eigenvalue weighted by atomic mass is 9.87. The number of H-pyrrole nitrogens is 1.